The van der Waals surface area contributed by atoms with Crippen LogP contribution in [-0.2, 0) is 19.4 Å². The van der Waals surface area contributed by atoms with Gasteiger partial charge in [-0.25, -0.2) is 0 Å². The van der Waals surface area contributed by atoms with Crippen molar-refractivity contribution in [3.05, 3.63) is 214 Å². The fourth-order valence-electron chi connectivity index (χ4n) is 6.02. The van der Waals surface area contributed by atoms with Crippen molar-refractivity contribution in [1.82, 2.24) is 0 Å². The van der Waals surface area contributed by atoms with E-state index in [-0.39, 0.29) is 13.2 Å². The molecule has 47 heavy (non-hydrogen) atoms. The van der Waals surface area contributed by atoms with E-state index in [1.165, 1.54) is 48.5 Å². The van der Waals surface area contributed by atoms with E-state index in [2.05, 4.69) is 0 Å². The van der Waals surface area contributed by atoms with Gasteiger partial charge in [0.25, 0.3) is 0 Å². The number of benzene rings is 6. The predicted octanol–water partition coefficient (Wildman–Crippen LogP) is 10.2. The van der Waals surface area contributed by atoms with E-state index < -0.39 is 50.3 Å². The van der Waals surface area contributed by atoms with Crippen LogP contribution in [0.3, 0.4) is 0 Å². The molecular weight excluding hydrogens is 707 g/mol. The van der Waals surface area contributed by atoms with Gasteiger partial charge in [-0.05, 0) is 0 Å². The molecule has 0 unspecified atom stereocenters. The first kappa shape index (κ1) is 32.7. The molecule has 0 aromatic heterocycles. The molecule has 0 fully saturated rings. The summed E-state index contributed by atoms with van der Waals surface area (Å²) < 4.78 is 71.2. The van der Waals surface area contributed by atoms with E-state index in [4.69, 9.17) is 6.15 Å². The number of halogens is 4. The summed E-state index contributed by atoms with van der Waals surface area (Å²) in [5.74, 6) is -1.62. The van der Waals surface area contributed by atoms with Gasteiger partial charge in [0.15, 0.2) is 0 Å². The van der Waals surface area contributed by atoms with Gasteiger partial charge in [0, 0.05) is 0 Å². The molecule has 0 radical (unpaired) electrons. The van der Waals surface area contributed by atoms with Gasteiger partial charge < -0.3 is 0 Å². The Morgan fingerprint density at radius 2 is 0.617 bits per heavy atom. The minimum atomic E-state index is -5.11. The van der Waals surface area contributed by atoms with Crippen molar-refractivity contribution in [2.24, 2.45) is 0 Å². The summed E-state index contributed by atoms with van der Waals surface area (Å²) in [4.78, 5) is 0. The zero-order valence-electron chi connectivity index (χ0n) is 25.4. The second-order valence-electron chi connectivity index (χ2n) is 11.3. The third-order valence-corrected chi connectivity index (χ3v) is 20.0. The molecule has 0 saturated heterocycles. The third kappa shape index (κ3) is 7.84. The first-order chi connectivity index (χ1) is 22.9. The van der Waals surface area contributed by atoms with Crippen molar-refractivity contribution in [2.75, 3.05) is 0 Å². The molecule has 0 N–H and O–H groups in total. The van der Waals surface area contributed by atoms with E-state index in [0.717, 1.165) is 33.4 Å². The van der Waals surface area contributed by atoms with Crippen LogP contribution in [0.15, 0.2) is 158 Å². The van der Waals surface area contributed by atoms with Crippen LogP contribution in [0.25, 0.3) is 0 Å². The molecule has 0 atom stereocenters. The van der Waals surface area contributed by atoms with Crippen molar-refractivity contribution in [3.63, 3.8) is 0 Å². The average molecular weight is 739 g/mol. The van der Waals surface area contributed by atoms with Gasteiger partial charge in [-0.2, -0.15) is 0 Å². The summed E-state index contributed by atoms with van der Waals surface area (Å²) in [6, 6.07) is 44.2. The van der Waals surface area contributed by atoms with Gasteiger partial charge in [-0.15, -0.1) is 0 Å². The quantitative estimate of drug-likeness (QED) is 0.0920. The molecule has 6 aromatic carbocycles. The van der Waals surface area contributed by atoms with Gasteiger partial charge in [0.05, 0.1) is 0 Å². The van der Waals surface area contributed by atoms with Crippen molar-refractivity contribution in [3.8, 4) is 0 Å². The van der Waals surface area contributed by atoms with E-state index in [0.29, 0.717) is 0 Å². The fraction of sp³-hybridized carbons (Fsp3) is 0.100. The predicted molar refractivity (Wildman–Crippen MR) is 178 cm³/mol. The molecule has 0 saturated carbocycles. The molecule has 0 amide bonds. The Balaban J connectivity index is 1.66. The molecule has 6 rings (SSSR count). The fourth-order valence-corrected chi connectivity index (χ4v) is 18.8. The Morgan fingerprint density at radius 1 is 0.362 bits per heavy atom. The molecule has 0 heterocycles. The normalized spacial score (nSPS) is 11.7. The number of hydrogen-bond acceptors (Lipinski definition) is 2. The van der Waals surface area contributed by atoms with Crippen LogP contribution < -0.4 is 0 Å². The van der Waals surface area contributed by atoms with Gasteiger partial charge in [-0.3, -0.25) is 0 Å². The molecule has 0 aliphatic heterocycles. The summed E-state index contributed by atoms with van der Waals surface area (Å²) in [6.45, 7) is 0.368. The van der Waals surface area contributed by atoms with Crippen LogP contribution in [0.2, 0.25) is 0 Å². The molecule has 236 valence electrons. The second kappa shape index (κ2) is 15.1. The molecule has 7 heteroatoms. The van der Waals surface area contributed by atoms with Gasteiger partial charge >= 0.3 is 278 Å². The van der Waals surface area contributed by atoms with Crippen molar-refractivity contribution in [2.45, 2.75) is 21.1 Å². The van der Waals surface area contributed by atoms with Crippen LogP contribution in [0.5, 0.6) is 0 Å². The van der Waals surface area contributed by atoms with E-state index >= 15 is 0 Å². The van der Waals surface area contributed by atoms with Gasteiger partial charge in [0.1, 0.15) is 0 Å². The van der Waals surface area contributed by atoms with E-state index in [9.17, 15) is 17.6 Å². The Morgan fingerprint density at radius 3 is 0.872 bits per heavy atom. The molecular formula is C40H32F4O2Sn. The Bertz CT molecular complexity index is 1620. The molecule has 0 spiro atoms. The summed E-state index contributed by atoms with van der Waals surface area (Å²) in [6.07, 6.45) is 0. The summed E-state index contributed by atoms with van der Waals surface area (Å²) in [5.41, 5.74) is 4.72. The summed E-state index contributed by atoms with van der Waals surface area (Å²) in [7, 11) is 0. The van der Waals surface area contributed by atoms with Crippen LogP contribution >= 0.6 is 0 Å². The number of rotatable bonds is 12. The van der Waals surface area contributed by atoms with Crippen molar-refractivity contribution in [1.29, 1.82) is 0 Å². The van der Waals surface area contributed by atoms with Crippen LogP contribution in [0.4, 0.5) is 17.6 Å². The van der Waals surface area contributed by atoms with Gasteiger partial charge in [-0.1, -0.05) is 0 Å². The zero-order chi connectivity index (χ0) is 32.6. The zero-order valence-corrected chi connectivity index (χ0v) is 28.3. The summed E-state index contributed by atoms with van der Waals surface area (Å²) >= 11 is -5.11. The Labute approximate surface area is 277 Å². The minimum absolute atomic E-state index is 0.184. The first-order valence-corrected chi connectivity index (χ1v) is 20.9. The topological polar surface area (TPSA) is 18.5 Å². The Hall–Kier alpha value is -4.24. The second-order valence-corrected chi connectivity index (χ2v) is 20.4. The SMILES string of the molecule is Fc1ccc([CH](c2ccc(F)cc2)[Sn]([O]Cc2ccccc2)([O]Cc2ccccc2)[CH](c2ccc(F)cc2)c2ccc(F)cc2)cc1. The molecule has 0 aliphatic rings. The van der Waals surface area contributed by atoms with Crippen LogP contribution in [0, 0.1) is 23.3 Å². The molecule has 6 aromatic rings. The molecule has 0 aliphatic carbocycles. The molecule has 2 nitrogen and oxygen atoms in total. The monoisotopic (exact) mass is 740 g/mol. The van der Waals surface area contributed by atoms with Gasteiger partial charge in [0.2, 0.25) is 0 Å². The van der Waals surface area contributed by atoms with Crippen molar-refractivity contribution < 1.29 is 23.7 Å². The van der Waals surface area contributed by atoms with E-state index in [1.807, 2.05) is 60.7 Å². The van der Waals surface area contributed by atoms with Crippen molar-refractivity contribution >= 4 is 19.2 Å². The third-order valence-electron chi connectivity index (χ3n) is 8.23. The maximum atomic E-state index is 14.4. The van der Waals surface area contributed by atoms with Crippen LogP contribution in [0.1, 0.15) is 41.2 Å². The van der Waals surface area contributed by atoms with Crippen LogP contribution in [-0.4, -0.2) is 19.2 Å². The standard InChI is InChI=1S/2C13H9F2.2C7H7O.Sn/c2*14-12-5-1-10(2-6-12)9-11-3-7-13(15)8-4-11;2*8-6-7-4-2-1-3-5-7;/h2*1-9H;2*1-5H,6H2;/q;;2*-1;+2. The summed E-state index contributed by atoms with van der Waals surface area (Å²) in [5, 5.41) is 0. The maximum absolute atomic E-state index is 14.4. The number of hydrogen-bond donors (Lipinski definition) is 0. The Kier molecular flexibility index (Phi) is 10.5. The first-order valence-electron chi connectivity index (χ1n) is 15.3. The van der Waals surface area contributed by atoms with E-state index in [1.54, 1.807) is 48.5 Å². The molecule has 0 bridgehead atoms. The average Bonchev–Trinajstić information content (AvgIpc) is 3.10.